The molecule has 2 N–H and O–H groups in total. The highest BCUT2D eigenvalue weighted by Crippen LogP contribution is 2.30. The molecule has 96 valence electrons. The SMILES string of the molecule is Cc1cccc(-c2noc(-c3sc(N)nc3C)n2)n1. The first-order valence-corrected chi connectivity index (χ1v) is 6.46. The summed E-state index contributed by atoms with van der Waals surface area (Å²) in [5.41, 5.74) is 8.04. The molecule has 0 bridgehead atoms. The molecule has 0 unspecified atom stereocenters. The molecule has 0 aliphatic heterocycles. The van der Waals surface area contributed by atoms with E-state index in [1.165, 1.54) is 11.3 Å². The molecule has 0 amide bonds. The summed E-state index contributed by atoms with van der Waals surface area (Å²) in [5, 5.41) is 4.43. The van der Waals surface area contributed by atoms with Gasteiger partial charge in [0.05, 0.1) is 5.69 Å². The van der Waals surface area contributed by atoms with E-state index in [0.717, 1.165) is 16.3 Å². The van der Waals surface area contributed by atoms with Crippen LogP contribution in [0, 0.1) is 13.8 Å². The van der Waals surface area contributed by atoms with Gasteiger partial charge in [0.1, 0.15) is 10.6 Å². The van der Waals surface area contributed by atoms with Gasteiger partial charge in [-0.05, 0) is 26.0 Å². The molecule has 6 nitrogen and oxygen atoms in total. The molecule has 3 aromatic heterocycles. The quantitative estimate of drug-likeness (QED) is 0.771. The third-order valence-corrected chi connectivity index (χ3v) is 3.53. The number of nitrogens with zero attached hydrogens (tertiary/aromatic N) is 4. The van der Waals surface area contributed by atoms with E-state index in [1.807, 2.05) is 32.0 Å². The fraction of sp³-hybridized carbons (Fsp3) is 0.167. The summed E-state index contributed by atoms with van der Waals surface area (Å²) >= 11 is 1.33. The molecular formula is C12H11N5OS. The van der Waals surface area contributed by atoms with Crippen molar-refractivity contribution < 1.29 is 4.52 Å². The lowest BCUT2D eigenvalue weighted by atomic mass is 10.3. The predicted octanol–water partition coefficient (Wildman–Crippen LogP) is 2.45. The van der Waals surface area contributed by atoms with Crippen LogP contribution in [-0.2, 0) is 0 Å². The largest absolute Gasteiger partial charge is 0.375 e. The first-order chi connectivity index (χ1) is 9.13. The van der Waals surface area contributed by atoms with E-state index in [2.05, 4.69) is 20.1 Å². The molecule has 0 spiro atoms. The topological polar surface area (TPSA) is 90.7 Å². The Morgan fingerprint density at radius 2 is 2.00 bits per heavy atom. The molecule has 0 fully saturated rings. The maximum atomic E-state index is 5.66. The highest BCUT2D eigenvalue weighted by molar-refractivity contribution is 7.18. The van der Waals surface area contributed by atoms with Gasteiger partial charge < -0.3 is 10.3 Å². The molecular weight excluding hydrogens is 262 g/mol. The molecule has 0 saturated heterocycles. The molecule has 3 aromatic rings. The molecule has 0 radical (unpaired) electrons. The van der Waals surface area contributed by atoms with Crippen LogP contribution in [0.2, 0.25) is 0 Å². The molecule has 0 saturated carbocycles. The number of aryl methyl sites for hydroxylation is 2. The summed E-state index contributed by atoms with van der Waals surface area (Å²) < 4.78 is 5.25. The zero-order valence-electron chi connectivity index (χ0n) is 10.4. The van der Waals surface area contributed by atoms with Crippen LogP contribution in [0.5, 0.6) is 0 Å². The van der Waals surface area contributed by atoms with Gasteiger partial charge in [0.15, 0.2) is 5.13 Å². The summed E-state index contributed by atoms with van der Waals surface area (Å²) in [6, 6.07) is 5.66. The van der Waals surface area contributed by atoms with E-state index < -0.39 is 0 Å². The van der Waals surface area contributed by atoms with Crippen LogP contribution in [0.15, 0.2) is 22.7 Å². The summed E-state index contributed by atoms with van der Waals surface area (Å²) in [7, 11) is 0. The zero-order chi connectivity index (χ0) is 13.4. The zero-order valence-corrected chi connectivity index (χ0v) is 11.2. The summed E-state index contributed by atoms with van der Waals surface area (Å²) in [4.78, 5) is 13.6. The minimum Gasteiger partial charge on any atom is -0.375 e. The summed E-state index contributed by atoms with van der Waals surface area (Å²) in [6.07, 6.45) is 0. The van der Waals surface area contributed by atoms with Crippen molar-refractivity contribution in [3.63, 3.8) is 0 Å². The van der Waals surface area contributed by atoms with E-state index in [1.54, 1.807) is 0 Å². The van der Waals surface area contributed by atoms with Crippen LogP contribution in [0.4, 0.5) is 5.13 Å². The van der Waals surface area contributed by atoms with Crippen LogP contribution >= 0.6 is 11.3 Å². The van der Waals surface area contributed by atoms with Gasteiger partial charge in [0.25, 0.3) is 5.89 Å². The number of thiazole rings is 1. The molecule has 0 aliphatic carbocycles. The lowest BCUT2D eigenvalue weighted by molar-refractivity contribution is 0.432. The lowest BCUT2D eigenvalue weighted by Crippen LogP contribution is -1.87. The third-order valence-electron chi connectivity index (χ3n) is 2.55. The van der Waals surface area contributed by atoms with Crippen molar-refractivity contribution in [1.82, 2.24) is 20.1 Å². The van der Waals surface area contributed by atoms with Gasteiger partial charge in [-0.3, -0.25) is 0 Å². The molecule has 0 aliphatic rings. The van der Waals surface area contributed by atoms with Gasteiger partial charge >= 0.3 is 0 Å². The number of nitrogen functional groups attached to an aromatic ring is 1. The van der Waals surface area contributed by atoms with Gasteiger partial charge in [-0.25, -0.2) is 9.97 Å². The summed E-state index contributed by atoms with van der Waals surface area (Å²) in [5.74, 6) is 0.884. The fourth-order valence-corrected chi connectivity index (χ4v) is 2.46. The number of pyridine rings is 1. The number of anilines is 1. The number of hydrogen-bond donors (Lipinski definition) is 1. The second kappa shape index (κ2) is 4.43. The second-order valence-corrected chi connectivity index (χ2v) is 5.08. The second-order valence-electron chi connectivity index (χ2n) is 4.05. The number of rotatable bonds is 2. The Balaban J connectivity index is 2.02. The fourth-order valence-electron chi connectivity index (χ4n) is 1.70. The third kappa shape index (κ3) is 2.19. The highest BCUT2D eigenvalue weighted by Gasteiger charge is 2.16. The Morgan fingerprint density at radius 1 is 1.16 bits per heavy atom. The van der Waals surface area contributed by atoms with E-state index in [4.69, 9.17) is 10.3 Å². The van der Waals surface area contributed by atoms with Crippen molar-refractivity contribution in [2.75, 3.05) is 5.73 Å². The smallest absolute Gasteiger partial charge is 0.270 e. The Bertz CT molecular complexity index is 733. The normalized spacial score (nSPS) is 10.8. The van der Waals surface area contributed by atoms with Crippen molar-refractivity contribution in [1.29, 1.82) is 0 Å². The highest BCUT2D eigenvalue weighted by atomic mass is 32.1. The van der Waals surface area contributed by atoms with Gasteiger partial charge in [0, 0.05) is 5.69 Å². The van der Waals surface area contributed by atoms with Crippen molar-refractivity contribution in [2.45, 2.75) is 13.8 Å². The van der Waals surface area contributed by atoms with Gasteiger partial charge in [-0.2, -0.15) is 4.98 Å². The maximum Gasteiger partial charge on any atom is 0.270 e. The van der Waals surface area contributed by atoms with Gasteiger partial charge in [-0.15, -0.1) is 0 Å². The molecule has 7 heteroatoms. The first kappa shape index (κ1) is 11.8. The maximum absolute atomic E-state index is 5.66. The van der Waals surface area contributed by atoms with E-state index in [9.17, 15) is 0 Å². The average Bonchev–Trinajstić information content (AvgIpc) is 2.96. The Labute approximate surface area is 113 Å². The van der Waals surface area contributed by atoms with Crippen molar-refractivity contribution in [2.24, 2.45) is 0 Å². The molecule has 3 rings (SSSR count). The Kier molecular flexibility index (Phi) is 2.75. The Hall–Kier alpha value is -2.28. The minimum atomic E-state index is 0.421. The van der Waals surface area contributed by atoms with Crippen molar-refractivity contribution in [3.05, 3.63) is 29.6 Å². The minimum absolute atomic E-state index is 0.421. The van der Waals surface area contributed by atoms with Crippen LogP contribution in [0.3, 0.4) is 0 Å². The number of hydrogen-bond acceptors (Lipinski definition) is 7. The average molecular weight is 273 g/mol. The standard InChI is InChI=1S/C12H11N5OS/c1-6-4-3-5-8(14-6)10-16-11(18-17-10)9-7(2)15-12(13)19-9/h3-5H,1-2H3,(H2,13,15). The molecule has 19 heavy (non-hydrogen) atoms. The van der Waals surface area contributed by atoms with E-state index in [-0.39, 0.29) is 0 Å². The molecule has 3 heterocycles. The molecule has 0 atom stereocenters. The monoisotopic (exact) mass is 273 g/mol. The predicted molar refractivity (Wildman–Crippen MR) is 72.5 cm³/mol. The first-order valence-electron chi connectivity index (χ1n) is 5.64. The van der Waals surface area contributed by atoms with Crippen molar-refractivity contribution >= 4 is 16.5 Å². The van der Waals surface area contributed by atoms with Crippen LogP contribution in [-0.4, -0.2) is 20.1 Å². The van der Waals surface area contributed by atoms with Gasteiger partial charge in [0.2, 0.25) is 5.82 Å². The number of nitrogens with two attached hydrogens (primary N) is 1. The van der Waals surface area contributed by atoms with Crippen LogP contribution in [0.25, 0.3) is 22.3 Å². The van der Waals surface area contributed by atoms with E-state index >= 15 is 0 Å². The van der Waals surface area contributed by atoms with Crippen molar-refractivity contribution in [3.8, 4) is 22.3 Å². The molecule has 0 aromatic carbocycles. The summed E-state index contributed by atoms with van der Waals surface area (Å²) in [6.45, 7) is 3.77. The Morgan fingerprint density at radius 3 is 2.68 bits per heavy atom. The lowest BCUT2D eigenvalue weighted by Gasteiger charge is -1.94. The van der Waals surface area contributed by atoms with E-state index in [0.29, 0.717) is 22.5 Å². The van der Waals surface area contributed by atoms with Crippen LogP contribution < -0.4 is 5.73 Å². The number of aromatic nitrogens is 4. The van der Waals surface area contributed by atoms with Crippen LogP contribution in [0.1, 0.15) is 11.4 Å². The van der Waals surface area contributed by atoms with Gasteiger partial charge in [-0.1, -0.05) is 22.6 Å².